The molecule has 8 nitrogen and oxygen atoms in total. The fraction of sp³-hybridized carbons (Fsp3) is 1.00. The summed E-state index contributed by atoms with van der Waals surface area (Å²) in [5, 5.41) is 0. The molecule has 0 saturated heterocycles. The van der Waals surface area contributed by atoms with Crippen LogP contribution in [-0.2, 0) is 14.6 Å². The number of hydrogen-bond acceptors (Lipinski definition) is 7. The topological polar surface area (TPSA) is 147 Å². The van der Waals surface area contributed by atoms with E-state index in [1.165, 1.54) is 0 Å². The normalized spacial score (nSPS) is 10.8. The molecular weight excluding hydrogens is 223 g/mol. The standard InChI is InChI=1S/CH4O4S.Na.H3O4Si/c1-5-6(2,3)4;;1-5(2,3)4/h1H3,(H,2,3,4);;1-3H/q;+1;-1. The second-order valence-corrected chi connectivity index (χ2v) is 3.50. The molecule has 0 aliphatic carbocycles. The quantitative estimate of drug-likeness (QED) is 0.256. The van der Waals surface area contributed by atoms with Crippen molar-refractivity contribution in [2.45, 2.75) is 0 Å². The molecule has 0 fully saturated rings. The minimum absolute atomic E-state index is 0. The summed E-state index contributed by atoms with van der Waals surface area (Å²) in [6.07, 6.45) is 0. The summed E-state index contributed by atoms with van der Waals surface area (Å²) in [5.41, 5.74) is 0. The number of rotatable bonds is 1. The van der Waals surface area contributed by atoms with Crippen molar-refractivity contribution >= 4 is 19.4 Å². The van der Waals surface area contributed by atoms with Crippen molar-refractivity contribution in [3.05, 3.63) is 0 Å². The average molecular weight is 230 g/mol. The SMILES string of the molecule is COS(=O)(=O)O.[Na+].[O-][Si](O)(O)O. The Hall–Kier alpha value is 0.927. The Morgan fingerprint density at radius 1 is 1.33 bits per heavy atom. The van der Waals surface area contributed by atoms with Crippen LogP contribution in [0.3, 0.4) is 0 Å². The van der Waals surface area contributed by atoms with Crippen LogP contribution in [0.15, 0.2) is 0 Å². The Kier molecular flexibility index (Phi) is 11.4. The van der Waals surface area contributed by atoms with Crippen molar-refractivity contribution in [2.24, 2.45) is 0 Å². The molecule has 0 radical (unpaired) electrons. The van der Waals surface area contributed by atoms with Crippen molar-refractivity contribution in [3.8, 4) is 0 Å². The molecule has 0 saturated carbocycles. The first kappa shape index (κ1) is 18.7. The largest absolute Gasteiger partial charge is 1.00 e. The van der Waals surface area contributed by atoms with Crippen molar-refractivity contribution in [1.29, 1.82) is 0 Å². The zero-order valence-corrected chi connectivity index (χ0v) is 10.1. The van der Waals surface area contributed by atoms with E-state index in [1.807, 2.05) is 0 Å². The predicted molar refractivity (Wildman–Crippen MR) is 31.0 cm³/mol. The molecule has 12 heavy (non-hydrogen) atoms. The van der Waals surface area contributed by atoms with Gasteiger partial charge in [-0.1, -0.05) is 0 Å². The van der Waals surface area contributed by atoms with Gasteiger partial charge in [0, 0.05) is 0 Å². The Labute approximate surface area is 92.2 Å². The van der Waals surface area contributed by atoms with Crippen molar-refractivity contribution in [2.75, 3.05) is 7.11 Å². The van der Waals surface area contributed by atoms with Crippen LogP contribution in [0.4, 0.5) is 0 Å². The van der Waals surface area contributed by atoms with E-state index in [2.05, 4.69) is 4.18 Å². The van der Waals surface area contributed by atoms with Gasteiger partial charge in [-0.05, 0) is 0 Å². The number of hydrogen-bond donors (Lipinski definition) is 4. The first-order valence-electron chi connectivity index (χ1n) is 1.97. The first-order valence-corrected chi connectivity index (χ1v) is 5.08. The average Bonchev–Trinajstić information content (AvgIpc) is 1.59. The summed E-state index contributed by atoms with van der Waals surface area (Å²) >= 11 is 0. The van der Waals surface area contributed by atoms with Crippen LogP contribution in [0.25, 0.3) is 0 Å². The summed E-state index contributed by atoms with van der Waals surface area (Å²) in [6, 6.07) is 0. The second-order valence-electron chi connectivity index (χ2n) is 1.17. The molecule has 0 aromatic heterocycles. The van der Waals surface area contributed by atoms with Crippen molar-refractivity contribution in [1.82, 2.24) is 0 Å². The minimum Gasteiger partial charge on any atom is -0.794 e. The summed E-state index contributed by atoms with van der Waals surface area (Å²) in [5.74, 6) is 0. The summed E-state index contributed by atoms with van der Waals surface area (Å²) in [4.78, 5) is 30.6. The van der Waals surface area contributed by atoms with Gasteiger partial charge in [-0.2, -0.15) is 8.42 Å². The van der Waals surface area contributed by atoms with Gasteiger partial charge < -0.3 is 19.2 Å². The molecular formula is CH7NaO8SSi. The van der Waals surface area contributed by atoms with E-state index in [0.717, 1.165) is 7.11 Å². The molecule has 0 rings (SSSR count). The Bertz CT molecular complexity index is 174. The predicted octanol–water partition coefficient (Wildman–Crippen LogP) is -6.80. The van der Waals surface area contributed by atoms with E-state index in [-0.39, 0.29) is 29.6 Å². The monoisotopic (exact) mass is 230 g/mol. The van der Waals surface area contributed by atoms with Crippen LogP contribution in [0.1, 0.15) is 0 Å². The molecule has 0 aliphatic heterocycles. The van der Waals surface area contributed by atoms with Crippen LogP contribution in [-0.4, -0.2) is 43.5 Å². The van der Waals surface area contributed by atoms with Gasteiger partial charge in [0.2, 0.25) is 0 Å². The molecule has 4 N–H and O–H groups in total. The molecule has 0 heterocycles. The molecule has 0 bridgehead atoms. The van der Waals surface area contributed by atoms with E-state index < -0.39 is 19.4 Å². The van der Waals surface area contributed by atoms with Gasteiger partial charge in [0.1, 0.15) is 0 Å². The minimum atomic E-state index is -4.86. The molecule has 70 valence electrons. The molecule has 0 unspecified atom stereocenters. The van der Waals surface area contributed by atoms with Gasteiger partial charge in [-0.3, -0.25) is 8.74 Å². The zero-order valence-electron chi connectivity index (χ0n) is 6.33. The van der Waals surface area contributed by atoms with Crippen LogP contribution in [0.2, 0.25) is 0 Å². The van der Waals surface area contributed by atoms with Crippen LogP contribution in [0, 0.1) is 0 Å². The van der Waals surface area contributed by atoms with E-state index in [1.54, 1.807) is 0 Å². The van der Waals surface area contributed by atoms with Gasteiger partial charge >= 0.3 is 49.0 Å². The first-order chi connectivity index (χ1) is 4.56. The maximum absolute atomic E-state index is 9.33. The van der Waals surface area contributed by atoms with E-state index >= 15 is 0 Å². The smallest absolute Gasteiger partial charge is 0.794 e. The molecule has 0 amide bonds. The molecule has 0 aliphatic rings. The summed E-state index contributed by atoms with van der Waals surface area (Å²) < 4.78 is 29.7. The van der Waals surface area contributed by atoms with Crippen LogP contribution >= 0.6 is 0 Å². The Morgan fingerprint density at radius 3 is 1.42 bits per heavy atom. The molecule has 0 aromatic rings. The van der Waals surface area contributed by atoms with Gasteiger partial charge in [0.05, 0.1) is 7.11 Å². The molecule has 11 heteroatoms. The third-order valence-corrected chi connectivity index (χ3v) is 0.632. The fourth-order valence-corrected chi connectivity index (χ4v) is 0. The molecule has 0 atom stereocenters. The van der Waals surface area contributed by atoms with Crippen LogP contribution in [0.5, 0.6) is 0 Å². The van der Waals surface area contributed by atoms with Crippen molar-refractivity contribution in [3.63, 3.8) is 0 Å². The van der Waals surface area contributed by atoms with E-state index in [4.69, 9.17) is 23.7 Å². The Balaban J connectivity index is -0.000000126. The summed E-state index contributed by atoms with van der Waals surface area (Å²) in [6.45, 7) is 0. The third-order valence-electron chi connectivity index (χ3n) is 0.211. The van der Waals surface area contributed by atoms with Gasteiger partial charge in [0.25, 0.3) is 0 Å². The second kappa shape index (κ2) is 7.34. The molecule has 0 aromatic carbocycles. The third kappa shape index (κ3) is 69.8. The van der Waals surface area contributed by atoms with Gasteiger partial charge in [0.15, 0.2) is 0 Å². The molecule has 0 spiro atoms. The maximum atomic E-state index is 9.33. The van der Waals surface area contributed by atoms with E-state index in [0.29, 0.717) is 0 Å². The fourth-order valence-electron chi connectivity index (χ4n) is 0. The van der Waals surface area contributed by atoms with E-state index in [9.17, 15) is 8.42 Å². The van der Waals surface area contributed by atoms with Crippen molar-refractivity contribution < 1.29 is 65.9 Å². The maximum Gasteiger partial charge on any atom is 1.00 e. The zero-order chi connectivity index (χ0) is 9.71. The summed E-state index contributed by atoms with van der Waals surface area (Å²) in [7, 11) is -8.15. The van der Waals surface area contributed by atoms with Gasteiger partial charge in [-0.15, -0.1) is 0 Å². The van der Waals surface area contributed by atoms with Crippen LogP contribution < -0.4 is 34.4 Å². The Morgan fingerprint density at radius 2 is 1.42 bits per heavy atom. The van der Waals surface area contributed by atoms with Gasteiger partial charge in [-0.25, -0.2) is 0 Å².